The van der Waals surface area contributed by atoms with E-state index in [9.17, 15) is 4.57 Å². The molecule has 0 aromatic heterocycles. The summed E-state index contributed by atoms with van der Waals surface area (Å²) in [6.45, 7) is 6.58. The highest BCUT2D eigenvalue weighted by Gasteiger charge is 2.17. The van der Waals surface area contributed by atoms with Crippen molar-refractivity contribution in [1.82, 2.24) is 0 Å². The van der Waals surface area contributed by atoms with Crippen molar-refractivity contribution in [2.24, 2.45) is 0 Å². The van der Waals surface area contributed by atoms with Gasteiger partial charge in [-0.05, 0) is 26.7 Å². The molecule has 0 amide bonds. The van der Waals surface area contributed by atoms with Gasteiger partial charge in [0.15, 0.2) is 0 Å². The summed E-state index contributed by atoms with van der Waals surface area (Å²) < 4.78 is 22.2. The fourth-order valence-corrected chi connectivity index (χ4v) is 2.60. The Kier molecular flexibility index (Phi) is 10.5. The largest absolute Gasteiger partial charge is 0.354 e. The third-order valence-electron chi connectivity index (χ3n) is 2.11. The number of hydrogen-bond donors (Lipinski definition) is 0. The van der Waals surface area contributed by atoms with Gasteiger partial charge in [0, 0.05) is 5.82 Å². The molecule has 0 rings (SSSR count). The zero-order valence-corrected chi connectivity index (χ0v) is 12.1. The van der Waals surface area contributed by atoms with Crippen LogP contribution in [-0.2, 0) is 13.6 Å². The third-order valence-corrected chi connectivity index (χ3v) is 3.88. The van der Waals surface area contributed by atoms with Crippen LogP contribution in [0.1, 0.15) is 46.5 Å². The third kappa shape index (κ3) is 9.34. The van der Waals surface area contributed by atoms with Gasteiger partial charge in [-0.2, -0.15) is 0 Å². The van der Waals surface area contributed by atoms with Crippen LogP contribution in [-0.4, -0.2) is 13.2 Å². The van der Waals surface area contributed by atoms with Crippen LogP contribution in [0.3, 0.4) is 0 Å². The molecule has 0 saturated heterocycles. The molecule has 0 aliphatic heterocycles. The Bertz CT molecular complexity index is 262. The van der Waals surface area contributed by atoms with Crippen molar-refractivity contribution in [1.29, 1.82) is 0 Å². The maximum Gasteiger partial charge on any atom is 0.354 e. The summed E-state index contributed by atoms with van der Waals surface area (Å²) in [5.41, 5.74) is 0. The first-order valence-corrected chi connectivity index (χ1v) is 8.02. The summed E-state index contributed by atoms with van der Waals surface area (Å²) in [6, 6.07) is 0. The second-order valence-electron chi connectivity index (χ2n) is 3.64. The molecule has 0 aromatic rings. The molecule has 0 saturated carbocycles. The highest BCUT2D eigenvalue weighted by molar-refractivity contribution is 7.57. The topological polar surface area (TPSA) is 35.5 Å². The van der Waals surface area contributed by atoms with Crippen molar-refractivity contribution < 1.29 is 13.6 Å². The molecular weight excluding hydrogens is 235 g/mol. The summed E-state index contributed by atoms with van der Waals surface area (Å²) in [6.07, 6.45) is 10.5. The molecule has 3 nitrogen and oxygen atoms in total. The van der Waals surface area contributed by atoms with E-state index in [0.717, 1.165) is 6.42 Å². The van der Waals surface area contributed by atoms with Crippen LogP contribution in [0.5, 0.6) is 0 Å². The predicted molar refractivity (Wildman–Crippen MR) is 73.3 cm³/mol. The van der Waals surface area contributed by atoms with E-state index in [1.165, 1.54) is 25.1 Å². The highest BCUT2D eigenvalue weighted by Crippen LogP contribution is 2.49. The highest BCUT2D eigenvalue weighted by atomic mass is 31.2. The normalized spacial score (nSPS) is 12.9. The van der Waals surface area contributed by atoms with Gasteiger partial charge < -0.3 is 9.05 Å². The number of hydrogen-bond acceptors (Lipinski definition) is 3. The zero-order valence-electron chi connectivity index (χ0n) is 11.2. The maximum atomic E-state index is 12.0. The zero-order chi connectivity index (χ0) is 13.0. The SMILES string of the molecule is CCCCC/C=C/C=C\P(=O)(OCC)OCC. The minimum Gasteiger partial charge on any atom is -0.306 e. The van der Waals surface area contributed by atoms with E-state index in [0.29, 0.717) is 13.2 Å². The van der Waals surface area contributed by atoms with Crippen LogP contribution < -0.4 is 0 Å². The molecule has 0 fully saturated rings. The van der Waals surface area contributed by atoms with Crippen LogP contribution >= 0.6 is 7.60 Å². The van der Waals surface area contributed by atoms with Crippen molar-refractivity contribution >= 4 is 7.60 Å². The Morgan fingerprint density at radius 3 is 2.18 bits per heavy atom. The Labute approximate surface area is 105 Å². The van der Waals surface area contributed by atoms with Crippen LogP contribution in [0.25, 0.3) is 0 Å². The molecule has 17 heavy (non-hydrogen) atoms. The van der Waals surface area contributed by atoms with Gasteiger partial charge in [0.25, 0.3) is 0 Å². The molecule has 0 unspecified atom stereocenters. The van der Waals surface area contributed by atoms with E-state index in [4.69, 9.17) is 9.05 Å². The van der Waals surface area contributed by atoms with Crippen LogP contribution in [0.15, 0.2) is 24.0 Å². The van der Waals surface area contributed by atoms with Crippen LogP contribution in [0.4, 0.5) is 0 Å². The fourth-order valence-electron chi connectivity index (χ4n) is 1.33. The van der Waals surface area contributed by atoms with E-state index >= 15 is 0 Å². The van der Waals surface area contributed by atoms with Crippen LogP contribution in [0, 0.1) is 0 Å². The van der Waals surface area contributed by atoms with Crippen molar-refractivity contribution in [3.63, 3.8) is 0 Å². The molecule has 0 spiro atoms. The molecule has 0 bridgehead atoms. The Balaban J connectivity index is 4.04. The van der Waals surface area contributed by atoms with Crippen LogP contribution in [0.2, 0.25) is 0 Å². The molecule has 0 aromatic carbocycles. The lowest BCUT2D eigenvalue weighted by Crippen LogP contribution is -1.92. The second-order valence-corrected chi connectivity index (χ2v) is 5.54. The van der Waals surface area contributed by atoms with Gasteiger partial charge in [0.1, 0.15) is 0 Å². The monoisotopic (exact) mass is 260 g/mol. The number of unbranched alkanes of at least 4 members (excludes halogenated alkanes) is 3. The second kappa shape index (κ2) is 10.8. The standard InChI is InChI=1S/C13H25O3P/c1-4-7-8-9-10-11-12-13-17(14,15-5-2)16-6-3/h10-13H,4-9H2,1-3H3/b11-10+,13-12-. The van der Waals surface area contributed by atoms with Gasteiger partial charge in [0.05, 0.1) is 13.2 Å². The Hall–Kier alpha value is -0.370. The molecule has 0 aliphatic carbocycles. The average molecular weight is 260 g/mol. The molecule has 0 atom stereocenters. The average Bonchev–Trinajstić information content (AvgIpc) is 2.28. The molecule has 0 radical (unpaired) electrons. The summed E-state index contributed by atoms with van der Waals surface area (Å²) in [5.74, 6) is 1.52. The van der Waals surface area contributed by atoms with E-state index in [-0.39, 0.29) is 0 Å². The maximum absolute atomic E-state index is 12.0. The lowest BCUT2D eigenvalue weighted by Gasteiger charge is -2.11. The van der Waals surface area contributed by atoms with Crippen molar-refractivity contribution in [3.8, 4) is 0 Å². The van der Waals surface area contributed by atoms with Crippen molar-refractivity contribution in [3.05, 3.63) is 24.0 Å². The number of rotatable bonds is 10. The summed E-state index contributed by atoms with van der Waals surface area (Å²) in [5, 5.41) is 0. The molecular formula is C13H25O3P. The first-order valence-electron chi connectivity index (χ1n) is 6.41. The van der Waals surface area contributed by atoms with Gasteiger partial charge in [-0.15, -0.1) is 0 Å². The van der Waals surface area contributed by atoms with E-state index in [1.54, 1.807) is 19.9 Å². The van der Waals surface area contributed by atoms with Crippen molar-refractivity contribution in [2.45, 2.75) is 46.5 Å². The molecule has 0 heterocycles. The Morgan fingerprint density at radius 2 is 1.65 bits per heavy atom. The first kappa shape index (κ1) is 16.6. The molecule has 0 N–H and O–H groups in total. The van der Waals surface area contributed by atoms with Crippen molar-refractivity contribution in [2.75, 3.05) is 13.2 Å². The minimum atomic E-state index is -3.01. The lowest BCUT2D eigenvalue weighted by molar-refractivity contribution is 0.229. The first-order chi connectivity index (χ1) is 8.18. The molecule has 0 aliphatic rings. The van der Waals surface area contributed by atoms with Gasteiger partial charge >= 0.3 is 7.60 Å². The van der Waals surface area contributed by atoms with Gasteiger partial charge in [0.2, 0.25) is 0 Å². The predicted octanol–water partition coefficient (Wildman–Crippen LogP) is 4.90. The van der Waals surface area contributed by atoms with E-state index < -0.39 is 7.60 Å². The van der Waals surface area contributed by atoms with Gasteiger partial charge in [-0.25, -0.2) is 0 Å². The number of allylic oxidation sites excluding steroid dienone is 3. The molecule has 4 heteroatoms. The quantitative estimate of drug-likeness (QED) is 0.318. The smallest absolute Gasteiger partial charge is 0.306 e. The van der Waals surface area contributed by atoms with Gasteiger partial charge in [-0.3, -0.25) is 4.57 Å². The van der Waals surface area contributed by atoms with E-state index in [1.807, 2.05) is 6.08 Å². The Morgan fingerprint density at radius 1 is 1.00 bits per heavy atom. The summed E-state index contributed by atoms with van der Waals surface area (Å²) in [7, 11) is -3.01. The van der Waals surface area contributed by atoms with E-state index in [2.05, 4.69) is 13.0 Å². The molecule has 100 valence electrons. The fraction of sp³-hybridized carbons (Fsp3) is 0.692. The summed E-state index contributed by atoms with van der Waals surface area (Å²) >= 11 is 0. The minimum absolute atomic E-state index is 0.391. The summed E-state index contributed by atoms with van der Waals surface area (Å²) in [4.78, 5) is 0. The lowest BCUT2D eigenvalue weighted by atomic mass is 10.2. The van der Waals surface area contributed by atoms with Gasteiger partial charge in [-0.1, -0.05) is 38.0 Å².